The Labute approximate surface area is 243 Å². The Morgan fingerprint density at radius 1 is 0.976 bits per heavy atom. The first-order chi connectivity index (χ1) is 19.5. The van der Waals surface area contributed by atoms with E-state index in [1.54, 1.807) is 49.9 Å². The van der Waals surface area contributed by atoms with E-state index in [1.165, 1.54) is 0 Å². The smallest absolute Gasteiger partial charge is 0.408 e. The van der Waals surface area contributed by atoms with Gasteiger partial charge in [0, 0.05) is 17.8 Å². The molecule has 0 aliphatic carbocycles. The maximum absolute atomic E-state index is 14.2. The fourth-order valence-corrected chi connectivity index (χ4v) is 4.62. The lowest BCUT2D eigenvalue weighted by Crippen LogP contribution is -2.54. The van der Waals surface area contributed by atoms with Crippen molar-refractivity contribution >= 4 is 34.4 Å². The van der Waals surface area contributed by atoms with Crippen LogP contribution < -0.4 is 10.6 Å². The van der Waals surface area contributed by atoms with Gasteiger partial charge in [0.1, 0.15) is 17.7 Å². The molecule has 0 aromatic heterocycles. The average molecular weight is 556 g/mol. The first-order valence-corrected chi connectivity index (χ1v) is 14.1. The minimum absolute atomic E-state index is 0.206. The molecule has 0 saturated heterocycles. The van der Waals surface area contributed by atoms with E-state index in [1.807, 2.05) is 63.2 Å². The van der Waals surface area contributed by atoms with Gasteiger partial charge in [-0.05, 0) is 73.7 Å². The number of nitrogens with zero attached hydrogens (tertiary/aromatic N) is 1. The Bertz CT molecular complexity index is 1400. The Hall–Kier alpha value is -4.31. The summed E-state index contributed by atoms with van der Waals surface area (Å²) in [6.45, 7) is 11.4. The van der Waals surface area contributed by atoms with Gasteiger partial charge in [-0.3, -0.25) is 9.59 Å². The molecule has 3 atom stereocenters. The molecule has 3 unspecified atom stereocenters. The normalized spacial score (nSPS) is 13.4. The summed E-state index contributed by atoms with van der Waals surface area (Å²) >= 11 is 0. The maximum Gasteiger partial charge on any atom is 0.408 e. The molecule has 41 heavy (non-hydrogen) atoms. The van der Waals surface area contributed by atoms with Crippen LogP contribution in [0.2, 0.25) is 0 Å². The van der Waals surface area contributed by atoms with Crippen molar-refractivity contribution < 1.29 is 19.1 Å². The molecule has 0 radical (unpaired) electrons. The number of ether oxygens (including phenoxy) is 1. The third-order valence-electron chi connectivity index (χ3n) is 6.87. The summed E-state index contributed by atoms with van der Waals surface area (Å²) in [6.07, 6.45) is 6.13. The molecule has 7 nitrogen and oxygen atoms in total. The van der Waals surface area contributed by atoms with Crippen LogP contribution in [-0.4, -0.2) is 41.0 Å². The van der Waals surface area contributed by atoms with Crippen molar-refractivity contribution in [2.45, 2.75) is 72.1 Å². The van der Waals surface area contributed by atoms with Crippen LogP contribution in [0.1, 0.15) is 71.6 Å². The van der Waals surface area contributed by atoms with Gasteiger partial charge in [0.2, 0.25) is 5.91 Å². The van der Waals surface area contributed by atoms with E-state index in [9.17, 15) is 14.4 Å². The molecule has 0 aliphatic heterocycles. The van der Waals surface area contributed by atoms with Crippen molar-refractivity contribution in [1.29, 1.82) is 0 Å². The van der Waals surface area contributed by atoms with Gasteiger partial charge in [0.15, 0.2) is 0 Å². The fourth-order valence-electron chi connectivity index (χ4n) is 4.62. The molecule has 2 N–H and O–H groups in total. The number of hydrogen-bond donors (Lipinski definition) is 2. The lowest BCUT2D eigenvalue weighted by atomic mass is 9.95. The molecule has 0 bridgehead atoms. The van der Waals surface area contributed by atoms with Crippen LogP contribution >= 0.6 is 0 Å². The predicted molar refractivity (Wildman–Crippen MR) is 164 cm³/mol. The lowest BCUT2D eigenvalue weighted by Gasteiger charge is -2.36. The van der Waals surface area contributed by atoms with Crippen LogP contribution in [0.15, 0.2) is 66.7 Å². The summed E-state index contributed by atoms with van der Waals surface area (Å²) in [6, 6.07) is 18.8. The average Bonchev–Trinajstić information content (AvgIpc) is 2.94. The molecule has 0 fully saturated rings. The molecular weight excluding hydrogens is 514 g/mol. The van der Waals surface area contributed by atoms with Crippen molar-refractivity contribution in [3.05, 3.63) is 77.9 Å². The lowest BCUT2D eigenvalue weighted by molar-refractivity contribution is -0.141. The molecule has 0 saturated carbocycles. The number of fused-ring (bicyclic) bond motifs is 1. The zero-order valence-corrected chi connectivity index (χ0v) is 24.9. The topological polar surface area (TPSA) is 87.7 Å². The van der Waals surface area contributed by atoms with Gasteiger partial charge < -0.3 is 20.3 Å². The number of hydrogen-bond acceptors (Lipinski definition) is 4. The number of amides is 3. The third-order valence-corrected chi connectivity index (χ3v) is 6.87. The summed E-state index contributed by atoms with van der Waals surface area (Å²) in [5, 5.41) is 7.85. The number of rotatable bonds is 10. The first-order valence-electron chi connectivity index (χ1n) is 14.1. The van der Waals surface area contributed by atoms with Crippen LogP contribution in [0.3, 0.4) is 0 Å². The van der Waals surface area contributed by atoms with Gasteiger partial charge in [-0.2, -0.15) is 0 Å². The van der Waals surface area contributed by atoms with Gasteiger partial charge in [-0.25, -0.2) is 4.79 Å². The Balaban J connectivity index is 2.03. The van der Waals surface area contributed by atoms with Crippen molar-refractivity contribution in [3.8, 4) is 12.3 Å². The van der Waals surface area contributed by atoms with Gasteiger partial charge in [-0.15, -0.1) is 6.42 Å². The molecular formula is C34H41N3O4. The molecule has 3 rings (SSSR count). The SMILES string of the molecule is C#Cc1ccc(C(C(=O)Nc2ccc3ccccc3c2)N(CCC)C(=O)C(NC(=O)OC(C)(C)C)C(C)CC)cc1. The van der Waals surface area contributed by atoms with E-state index in [-0.39, 0.29) is 17.7 Å². The highest BCUT2D eigenvalue weighted by Crippen LogP contribution is 2.28. The quantitative estimate of drug-likeness (QED) is 0.273. The Morgan fingerprint density at radius 2 is 1.63 bits per heavy atom. The Morgan fingerprint density at radius 3 is 2.22 bits per heavy atom. The summed E-state index contributed by atoms with van der Waals surface area (Å²) in [5.74, 6) is 1.67. The minimum Gasteiger partial charge on any atom is -0.444 e. The molecule has 0 heterocycles. The maximum atomic E-state index is 14.2. The van der Waals surface area contributed by atoms with Crippen LogP contribution in [0.5, 0.6) is 0 Å². The molecule has 3 aromatic rings. The third kappa shape index (κ3) is 8.34. The highest BCUT2D eigenvalue weighted by molar-refractivity contribution is 6.00. The molecule has 216 valence electrons. The van der Waals surface area contributed by atoms with E-state index in [0.717, 1.165) is 10.8 Å². The molecule has 0 aliphatic rings. The van der Waals surface area contributed by atoms with Crippen LogP contribution in [-0.2, 0) is 14.3 Å². The number of carbonyl (C=O) groups excluding carboxylic acids is 3. The molecule has 3 aromatic carbocycles. The van der Waals surface area contributed by atoms with Crippen molar-refractivity contribution in [2.24, 2.45) is 5.92 Å². The second-order valence-corrected chi connectivity index (χ2v) is 11.3. The zero-order chi connectivity index (χ0) is 30.2. The fraction of sp³-hybridized carbons (Fsp3) is 0.382. The number of terminal acetylenes is 1. The highest BCUT2D eigenvalue weighted by atomic mass is 16.6. The molecule has 7 heteroatoms. The van der Waals surface area contributed by atoms with Gasteiger partial charge in [0.25, 0.3) is 5.91 Å². The van der Waals surface area contributed by atoms with E-state index >= 15 is 0 Å². The van der Waals surface area contributed by atoms with Crippen LogP contribution in [0, 0.1) is 18.3 Å². The number of benzene rings is 3. The summed E-state index contributed by atoms with van der Waals surface area (Å²) in [5.41, 5.74) is 1.18. The summed E-state index contributed by atoms with van der Waals surface area (Å²) in [7, 11) is 0. The van der Waals surface area contributed by atoms with Crippen LogP contribution in [0.4, 0.5) is 10.5 Å². The number of anilines is 1. The predicted octanol–water partition coefficient (Wildman–Crippen LogP) is 6.68. The van der Waals surface area contributed by atoms with E-state index < -0.39 is 23.8 Å². The summed E-state index contributed by atoms with van der Waals surface area (Å²) < 4.78 is 5.47. The number of alkyl carbamates (subject to hydrolysis) is 1. The van der Waals surface area contributed by atoms with Crippen LogP contribution in [0.25, 0.3) is 10.8 Å². The van der Waals surface area contributed by atoms with Gasteiger partial charge in [-0.1, -0.05) is 75.6 Å². The highest BCUT2D eigenvalue weighted by Gasteiger charge is 2.37. The number of carbonyl (C=O) groups is 3. The number of nitrogens with one attached hydrogen (secondary N) is 2. The second kappa shape index (κ2) is 13.8. The monoisotopic (exact) mass is 555 g/mol. The van der Waals surface area contributed by atoms with Crippen molar-refractivity contribution in [3.63, 3.8) is 0 Å². The molecule has 3 amide bonds. The minimum atomic E-state index is -0.965. The van der Waals surface area contributed by atoms with Crippen molar-refractivity contribution in [1.82, 2.24) is 10.2 Å². The van der Waals surface area contributed by atoms with E-state index in [4.69, 9.17) is 11.2 Å². The first kappa shape index (κ1) is 31.2. The Kier molecular flexibility index (Phi) is 10.5. The van der Waals surface area contributed by atoms with Crippen molar-refractivity contribution in [2.75, 3.05) is 11.9 Å². The standard InChI is InChI=1S/C34H41N3O4/c1-8-21-37(32(39)29(23(4)9-2)36-33(40)41-34(5,6)7)30(26-17-15-24(10-3)16-18-26)31(38)35-28-20-19-25-13-11-12-14-27(25)22-28/h3,11-20,22-23,29-30H,8-9,21H2,1-2,4-7H3,(H,35,38)(H,36,40). The largest absolute Gasteiger partial charge is 0.444 e. The van der Waals surface area contributed by atoms with E-state index in [2.05, 4.69) is 16.6 Å². The van der Waals surface area contributed by atoms with Gasteiger partial charge >= 0.3 is 6.09 Å². The zero-order valence-electron chi connectivity index (χ0n) is 24.9. The molecule has 0 spiro atoms. The van der Waals surface area contributed by atoms with Gasteiger partial charge in [0.05, 0.1) is 0 Å². The van der Waals surface area contributed by atoms with E-state index in [0.29, 0.717) is 36.2 Å². The second-order valence-electron chi connectivity index (χ2n) is 11.3. The summed E-state index contributed by atoms with van der Waals surface area (Å²) in [4.78, 5) is 42.6.